The average molecular weight is 298 g/mol. The lowest BCUT2D eigenvalue weighted by Gasteiger charge is -2.10. The molecule has 0 unspecified atom stereocenters. The first-order valence-electron chi connectivity index (χ1n) is 7.55. The van der Waals surface area contributed by atoms with Gasteiger partial charge >= 0.3 is 0 Å². The zero-order valence-corrected chi connectivity index (χ0v) is 13.5. The molecule has 1 aromatic carbocycles. The Morgan fingerprint density at radius 3 is 2.86 bits per heavy atom. The molecule has 3 aromatic rings. The summed E-state index contributed by atoms with van der Waals surface area (Å²) in [4.78, 5) is 0. The van der Waals surface area contributed by atoms with E-state index in [4.69, 9.17) is 0 Å². The van der Waals surface area contributed by atoms with E-state index in [1.165, 1.54) is 22.0 Å². The Labute approximate surface area is 130 Å². The van der Waals surface area contributed by atoms with Crippen LogP contribution in [-0.2, 0) is 19.5 Å². The largest absolute Gasteiger partial charge is 0.347 e. The van der Waals surface area contributed by atoms with Crippen LogP contribution in [0.1, 0.15) is 25.0 Å². The van der Waals surface area contributed by atoms with Crippen LogP contribution >= 0.6 is 11.3 Å². The normalized spacial score (nSPS) is 11.6. The number of nitrogens with zero attached hydrogens (tertiary/aromatic N) is 1. The maximum absolute atomic E-state index is 3.51. The van der Waals surface area contributed by atoms with Crippen LogP contribution < -0.4 is 5.32 Å². The lowest BCUT2D eigenvalue weighted by molar-refractivity contribution is 0.590. The van der Waals surface area contributed by atoms with Gasteiger partial charge in [0.1, 0.15) is 0 Å². The molecule has 21 heavy (non-hydrogen) atoms. The minimum atomic E-state index is 0.515. The van der Waals surface area contributed by atoms with Gasteiger partial charge in [0.2, 0.25) is 0 Å². The quantitative estimate of drug-likeness (QED) is 0.711. The van der Waals surface area contributed by atoms with Gasteiger partial charge in [-0.05, 0) is 46.5 Å². The van der Waals surface area contributed by atoms with Crippen molar-refractivity contribution >= 4 is 22.2 Å². The second-order valence-corrected chi connectivity index (χ2v) is 6.56. The molecule has 2 aromatic heterocycles. The summed E-state index contributed by atoms with van der Waals surface area (Å²) in [6.07, 6.45) is 3.32. The van der Waals surface area contributed by atoms with Crippen molar-refractivity contribution in [2.45, 2.75) is 39.4 Å². The van der Waals surface area contributed by atoms with Crippen molar-refractivity contribution in [3.05, 3.63) is 58.4 Å². The summed E-state index contributed by atoms with van der Waals surface area (Å²) >= 11 is 1.77. The Kier molecular flexibility index (Phi) is 4.42. The summed E-state index contributed by atoms with van der Waals surface area (Å²) in [7, 11) is 0. The van der Waals surface area contributed by atoms with Gasteiger partial charge in [-0.15, -0.1) is 0 Å². The first-order valence-corrected chi connectivity index (χ1v) is 8.49. The molecule has 0 saturated heterocycles. The van der Waals surface area contributed by atoms with E-state index >= 15 is 0 Å². The Hall–Kier alpha value is -1.58. The molecule has 0 saturated carbocycles. The van der Waals surface area contributed by atoms with Crippen LogP contribution in [0.4, 0.5) is 0 Å². The van der Waals surface area contributed by atoms with Gasteiger partial charge in [-0.3, -0.25) is 0 Å². The van der Waals surface area contributed by atoms with Gasteiger partial charge in [0, 0.05) is 36.2 Å². The van der Waals surface area contributed by atoms with Gasteiger partial charge in [0.15, 0.2) is 0 Å². The highest BCUT2D eigenvalue weighted by atomic mass is 32.1. The van der Waals surface area contributed by atoms with E-state index in [9.17, 15) is 0 Å². The first-order chi connectivity index (χ1) is 10.2. The molecule has 0 spiro atoms. The Morgan fingerprint density at radius 1 is 1.19 bits per heavy atom. The first kappa shape index (κ1) is 14.4. The summed E-state index contributed by atoms with van der Waals surface area (Å²) in [6, 6.07) is 11.6. The van der Waals surface area contributed by atoms with E-state index in [0.717, 1.165) is 19.5 Å². The fraction of sp³-hybridized carbons (Fsp3) is 0.333. The second-order valence-electron chi connectivity index (χ2n) is 5.78. The molecule has 0 atom stereocenters. The van der Waals surface area contributed by atoms with Crippen molar-refractivity contribution in [1.29, 1.82) is 0 Å². The van der Waals surface area contributed by atoms with Crippen LogP contribution in [-0.4, -0.2) is 10.6 Å². The van der Waals surface area contributed by atoms with Crippen LogP contribution in [0.2, 0.25) is 0 Å². The summed E-state index contributed by atoms with van der Waals surface area (Å²) in [5.41, 5.74) is 4.16. The molecule has 0 amide bonds. The molecule has 110 valence electrons. The number of fused-ring (bicyclic) bond motifs is 1. The highest BCUT2D eigenvalue weighted by molar-refractivity contribution is 7.07. The number of aryl methyl sites for hydroxylation is 2. The van der Waals surface area contributed by atoms with Gasteiger partial charge in [0.25, 0.3) is 0 Å². The van der Waals surface area contributed by atoms with Crippen molar-refractivity contribution in [1.82, 2.24) is 9.88 Å². The standard InChI is InChI=1S/C18H22N2S/c1-14(2)19-12-16-4-3-5-18-17(16)7-10-20(18)9-6-15-8-11-21-13-15/h3-5,7-8,10-11,13-14,19H,6,9,12H2,1-2H3. The number of hydrogen-bond donors (Lipinski definition) is 1. The molecule has 2 nitrogen and oxygen atoms in total. The van der Waals surface area contributed by atoms with Crippen molar-refractivity contribution in [2.24, 2.45) is 0 Å². The third kappa shape index (κ3) is 3.36. The zero-order chi connectivity index (χ0) is 14.7. The summed E-state index contributed by atoms with van der Waals surface area (Å²) in [5, 5.41) is 9.27. The molecular formula is C18H22N2S. The summed E-state index contributed by atoms with van der Waals surface area (Å²) in [6.45, 7) is 6.35. The molecule has 0 fully saturated rings. The van der Waals surface area contributed by atoms with Crippen LogP contribution in [0.25, 0.3) is 10.9 Å². The predicted octanol–water partition coefficient (Wildman–Crippen LogP) is 4.44. The molecule has 0 aliphatic heterocycles. The molecule has 1 N–H and O–H groups in total. The number of rotatable bonds is 6. The maximum Gasteiger partial charge on any atom is 0.0483 e. The maximum atomic E-state index is 3.51. The minimum Gasteiger partial charge on any atom is -0.347 e. The smallest absolute Gasteiger partial charge is 0.0483 e. The van der Waals surface area contributed by atoms with Gasteiger partial charge in [-0.2, -0.15) is 11.3 Å². The lowest BCUT2D eigenvalue weighted by Crippen LogP contribution is -2.21. The molecule has 3 rings (SSSR count). The van der Waals surface area contributed by atoms with Crippen molar-refractivity contribution < 1.29 is 0 Å². The van der Waals surface area contributed by atoms with Crippen LogP contribution in [0.15, 0.2) is 47.3 Å². The predicted molar refractivity (Wildman–Crippen MR) is 91.9 cm³/mol. The van der Waals surface area contributed by atoms with Crippen LogP contribution in [0, 0.1) is 0 Å². The molecule has 2 heterocycles. The third-order valence-corrected chi connectivity index (χ3v) is 4.56. The van der Waals surface area contributed by atoms with E-state index in [2.05, 4.69) is 71.0 Å². The van der Waals surface area contributed by atoms with E-state index in [-0.39, 0.29) is 0 Å². The SMILES string of the molecule is CC(C)NCc1cccc2c1ccn2CCc1ccsc1. The second kappa shape index (κ2) is 6.46. The number of thiophene rings is 1. The Morgan fingerprint density at radius 2 is 2.10 bits per heavy atom. The molecule has 0 aliphatic carbocycles. The van der Waals surface area contributed by atoms with Crippen molar-refractivity contribution in [2.75, 3.05) is 0 Å². The number of nitrogens with one attached hydrogen (secondary N) is 1. The number of hydrogen-bond acceptors (Lipinski definition) is 2. The lowest BCUT2D eigenvalue weighted by atomic mass is 10.1. The van der Waals surface area contributed by atoms with E-state index in [1.54, 1.807) is 11.3 Å². The average Bonchev–Trinajstić information content (AvgIpc) is 3.12. The summed E-state index contributed by atoms with van der Waals surface area (Å²) < 4.78 is 2.37. The van der Waals surface area contributed by atoms with E-state index in [1.807, 2.05) is 0 Å². The van der Waals surface area contributed by atoms with E-state index < -0.39 is 0 Å². The molecule has 0 aliphatic rings. The molecule has 0 radical (unpaired) electrons. The summed E-state index contributed by atoms with van der Waals surface area (Å²) in [5.74, 6) is 0. The van der Waals surface area contributed by atoms with Gasteiger partial charge in [0.05, 0.1) is 0 Å². The Balaban J connectivity index is 1.79. The highest BCUT2D eigenvalue weighted by Gasteiger charge is 2.06. The Bertz CT molecular complexity index is 695. The van der Waals surface area contributed by atoms with Crippen LogP contribution in [0.3, 0.4) is 0 Å². The topological polar surface area (TPSA) is 17.0 Å². The van der Waals surface area contributed by atoms with Crippen LogP contribution in [0.5, 0.6) is 0 Å². The number of benzene rings is 1. The third-order valence-electron chi connectivity index (χ3n) is 3.83. The molecular weight excluding hydrogens is 276 g/mol. The highest BCUT2D eigenvalue weighted by Crippen LogP contribution is 2.21. The van der Waals surface area contributed by atoms with Gasteiger partial charge in [-0.25, -0.2) is 0 Å². The van der Waals surface area contributed by atoms with Crippen molar-refractivity contribution in [3.8, 4) is 0 Å². The fourth-order valence-corrected chi connectivity index (χ4v) is 3.34. The molecule has 3 heteroatoms. The minimum absolute atomic E-state index is 0.515. The monoisotopic (exact) mass is 298 g/mol. The number of aromatic nitrogens is 1. The van der Waals surface area contributed by atoms with E-state index in [0.29, 0.717) is 6.04 Å². The van der Waals surface area contributed by atoms with Crippen molar-refractivity contribution in [3.63, 3.8) is 0 Å². The van der Waals surface area contributed by atoms with Gasteiger partial charge in [-0.1, -0.05) is 26.0 Å². The zero-order valence-electron chi connectivity index (χ0n) is 12.7. The molecule has 0 bridgehead atoms. The fourth-order valence-electron chi connectivity index (χ4n) is 2.63. The van der Waals surface area contributed by atoms with Gasteiger partial charge < -0.3 is 9.88 Å².